The third-order valence-corrected chi connectivity index (χ3v) is 4.92. The van der Waals surface area contributed by atoms with E-state index in [1.165, 1.54) is 5.56 Å². The molecule has 2 atom stereocenters. The van der Waals surface area contributed by atoms with Crippen LogP contribution < -0.4 is 16.2 Å². The van der Waals surface area contributed by atoms with Gasteiger partial charge in [-0.1, -0.05) is 22.9 Å². The van der Waals surface area contributed by atoms with Gasteiger partial charge in [0.15, 0.2) is 0 Å². The molecule has 0 aromatic heterocycles. The summed E-state index contributed by atoms with van der Waals surface area (Å²) >= 11 is 3.64. The van der Waals surface area contributed by atoms with Gasteiger partial charge >= 0.3 is 0 Å². The van der Waals surface area contributed by atoms with E-state index in [0.29, 0.717) is 6.54 Å². The lowest BCUT2D eigenvalue weighted by molar-refractivity contribution is 0.388. The lowest BCUT2D eigenvalue weighted by Gasteiger charge is -2.26. The summed E-state index contributed by atoms with van der Waals surface area (Å²) in [4.78, 5) is 0. The maximum Gasteiger partial charge on any atom is 0.127 e. The molecule has 18 heavy (non-hydrogen) atoms. The molecule has 102 valence electrons. The molecule has 0 saturated heterocycles. The van der Waals surface area contributed by atoms with E-state index >= 15 is 0 Å². The second kappa shape index (κ2) is 6.04. The van der Waals surface area contributed by atoms with Crippen molar-refractivity contribution in [1.82, 2.24) is 0 Å². The fourth-order valence-electron chi connectivity index (χ4n) is 2.20. The molecule has 0 bridgehead atoms. The van der Waals surface area contributed by atoms with Crippen LogP contribution in [0.5, 0.6) is 5.75 Å². The van der Waals surface area contributed by atoms with Crippen molar-refractivity contribution in [1.29, 1.82) is 0 Å². The fourth-order valence-corrected chi connectivity index (χ4v) is 2.71. The van der Waals surface area contributed by atoms with Crippen LogP contribution in [-0.4, -0.2) is 13.7 Å². The lowest BCUT2D eigenvalue weighted by Crippen LogP contribution is -2.27. The van der Waals surface area contributed by atoms with Crippen molar-refractivity contribution in [3.63, 3.8) is 0 Å². The van der Waals surface area contributed by atoms with Crippen molar-refractivity contribution in [2.24, 2.45) is 17.4 Å². The Morgan fingerprint density at radius 2 is 1.72 bits per heavy atom. The van der Waals surface area contributed by atoms with E-state index in [-0.39, 0.29) is 12.0 Å². The van der Waals surface area contributed by atoms with Crippen LogP contribution in [-0.2, 0) is 0 Å². The molecule has 0 aliphatic heterocycles. The average molecular weight is 315 g/mol. The number of halogens is 1. The highest BCUT2D eigenvalue weighted by atomic mass is 79.9. The Kier molecular flexibility index (Phi) is 5.20. The molecule has 1 aromatic carbocycles. The fraction of sp³-hybridized carbons (Fsp3) is 0.571. The Morgan fingerprint density at radius 1 is 1.17 bits per heavy atom. The van der Waals surface area contributed by atoms with E-state index in [1.54, 1.807) is 7.11 Å². The first-order valence-corrected chi connectivity index (χ1v) is 6.94. The van der Waals surface area contributed by atoms with Crippen LogP contribution in [0.25, 0.3) is 0 Å². The molecule has 0 saturated carbocycles. The number of hydrogen-bond donors (Lipinski definition) is 2. The van der Waals surface area contributed by atoms with Gasteiger partial charge in [-0.2, -0.15) is 0 Å². The molecule has 1 aromatic rings. The summed E-state index contributed by atoms with van der Waals surface area (Å²) in [7, 11) is 1.69. The van der Waals surface area contributed by atoms with E-state index in [2.05, 4.69) is 43.6 Å². The van der Waals surface area contributed by atoms with Gasteiger partial charge in [-0.25, -0.2) is 0 Å². The summed E-state index contributed by atoms with van der Waals surface area (Å²) in [5, 5.41) is 0. The third kappa shape index (κ3) is 2.56. The molecular weight excluding hydrogens is 292 g/mol. The minimum absolute atomic E-state index is 0.111. The molecule has 0 aliphatic carbocycles. The third-order valence-electron chi connectivity index (χ3n) is 3.73. The van der Waals surface area contributed by atoms with Gasteiger partial charge in [0.2, 0.25) is 0 Å². The molecule has 0 radical (unpaired) electrons. The van der Waals surface area contributed by atoms with Crippen molar-refractivity contribution in [2.45, 2.75) is 33.7 Å². The number of hydrogen-bond acceptors (Lipinski definition) is 3. The van der Waals surface area contributed by atoms with Gasteiger partial charge in [-0.3, -0.25) is 0 Å². The van der Waals surface area contributed by atoms with Gasteiger partial charge in [-0.15, -0.1) is 0 Å². The molecule has 0 fully saturated rings. The second-order valence-electron chi connectivity index (χ2n) is 4.87. The Labute approximate surface area is 118 Å². The van der Waals surface area contributed by atoms with Crippen LogP contribution in [0, 0.1) is 26.7 Å². The molecule has 4 N–H and O–H groups in total. The van der Waals surface area contributed by atoms with Gasteiger partial charge in [-0.05, 0) is 49.9 Å². The van der Waals surface area contributed by atoms with Crippen molar-refractivity contribution < 1.29 is 4.74 Å². The van der Waals surface area contributed by atoms with Crippen molar-refractivity contribution in [2.75, 3.05) is 13.7 Å². The SMILES string of the molecule is COc1c(C)c(C)c(Br)c(C)c1C(N)C(C)CN. The van der Waals surface area contributed by atoms with Crippen molar-refractivity contribution >= 4 is 15.9 Å². The molecule has 0 heterocycles. The van der Waals surface area contributed by atoms with E-state index in [4.69, 9.17) is 16.2 Å². The molecule has 1 rings (SSSR count). The summed E-state index contributed by atoms with van der Waals surface area (Å²) < 4.78 is 6.67. The zero-order valence-electron chi connectivity index (χ0n) is 11.8. The number of ether oxygens (including phenoxy) is 1. The molecule has 4 heteroatoms. The Morgan fingerprint density at radius 3 is 2.17 bits per heavy atom. The molecule has 0 aliphatic rings. The lowest BCUT2D eigenvalue weighted by atomic mass is 9.88. The summed E-state index contributed by atoms with van der Waals surface area (Å²) in [5.74, 6) is 1.10. The van der Waals surface area contributed by atoms with Crippen LogP contribution >= 0.6 is 15.9 Å². The summed E-state index contributed by atoms with van der Waals surface area (Å²) in [5.41, 5.74) is 16.6. The molecule has 2 unspecified atom stereocenters. The van der Waals surface area contributed by atoms with Crippen LogP contribution in [0.2, 0.25) is 0 Å². The highest BCUT2D eigenvalue weighted by Gasteiger charge is 2.24. The zero-order valence-corrected chi connectivity index (χ0v) is 13.4. The highest BCUT2D eigenvalue weighted by Crippen LogP contribution is 2.40. The number of methoxy groups -OCH3 is 1. The average Bonchev–Trinajstić information content (AvgIpc) is 2.38. The van der Waals surface area contributed by atoms with Gasteiger partial charge in [0, 0.05) is 16.1 Å². The Balaban J connectivity index is 3.51. The number of nitrogens with two attached hydrogens (primary N) is 2. The highest BCUT2D eigenvalue weighted by molar-refractivity contribution is 9.10. The smallest absolute Gasteiger partial charge is 0.127 e. The van der Waals surface area contributed by atoms with Gasteiger partial charge in [0.05, 0.1) is 7.11 Å². The minimum atomic E-state index is -0.111. The number of rotatable bonds is 4. The van der Waals surface area contributed by atoms with Gasteiger partial charge in [0.1, 0.15) is 5.75 Å². The van der Waals surface area contributed by atoms with Crippen molar-refractivity contribution in [3.05, 3.63) is 26.7 Å². The van der Waals surface area contributed by atoms with E-state index < -0.39 is 0 Å². The van der Waals surface area contributed by atoms with Crippen LogP contribution in [0.4, 0.5) is 0 Å². The summed E-state index contributed by atoms with van der Waals surface area (Å²) in [6.45, 7) is 8.83. The molecule has 0 amide bonds. The van der Waals surface area contributed by atoms with Crippen LogP contribution in [0.3, 0.4) is 0 Å². The molecular formula is C14H23BrN2O. The maximum atomic E-state index is 6.33. The molecule has 3 nitrogen and oxygen atoms in total. The summed E-state index contributed by atoms with van der Waals surface area (Å²) in [6, 6.07) is -0.111. The normalized spacial score (nSPS) is 14.4. The first-order valence-electron chi connectivity index (χ1n) is 6.15. The van der Waals surface area contributed by atoms with E-state index in [1.807, 2.05) is 0 Å². The van der Waals surface area contributed by atoms with E-state index in [0.717, 1.165) is 26.9 Å². The standard InChI is InChI=1S/C14H23BrN2O/c1-7(6-16)13(17)11-10(4)12(15)8(2)9(3)14(11)18-5/h7,13H,6,16-17H2,1-5H3. The predicted octanol–water partition coefficient (Wildman–Crippen LogP) is 2.98. The maximum absolute atomic E-state index is 6.33. The zero-order chi connectivity index (χ0) is 14.0. The summed E-state index contributed by atoms with van der Waals surface area (Å²) in [6.07, 6.45) is 0. The molecule has 0 spiro atoms. The minimum Gasteiger partial charge on any atom is -0.496 e. The van der Waals surface area contributed by atoms with Crippen LogP contribution in [0.1, 0.15) is 35.2 Å². The Hall–Kier alpha value is -0.580. The first kappa shape index (κ1) is 15.5. The monoisotopic (exact) mass is 314 g/mol. The topological polar surface area (TPSA) is 61.3 Å². The van der Waals surface area contributed by atoms with Crippen molar-refractivity contribution in [3.8, 4) is 5.75 Å². The largest absolute Gasteiger partial charge is 0.496 e. The van der Waals surface area contributed by atoms with E-state index in [9.17, 15) is 0 Å². The second-order valence-corrected chi connectivity index (χ2v) is 5.67. The Bertz CT molecular complexity index is 446. The van der Waals surface area contributed by atoms with Gasteiger partial charge in [0.25, 0.3) is 0 Å². The van der Waals surface area contributed by atoms with Crippen LogP contribution in [0.15, 0.2) is 4.47 Å². The first-order chi connectivity index (χ1) is 8.36. The predicted molar refractivity (Wildman–Crippen MR) is 80.1 cm³/mol. The number of benzene rings is 1. The quantitative estimate of drug-likeness (QED) is 0.898. The van der Waals surface area contributed by atoms with Gasteiger partial charge < -0.3 is 16.2 Å².